The lowest BCUT2D eigenvalue weighted by atomic mass is 9.97. The third kappa shape index (κ3) is 5.44. The quantitative estimate of drug-likeness (QED) is 0.511. The zero-order chi connectivity index (χ0) is 19.8. The molecule has 1 aliphatic rings. The lowest BCUT2D eigenvalue weighted by Gasteiger charge is -2.25. The van der Waals surface area contributed by atoms with Gasteiger partial charge >= 0.3 is 0 Å². The number of hydrogen-bond acceptors (Lipinski definition) is 6. The highest BCUT2D eigenvalue weighted by molar-refractivity contribution is 9.09. The first-order valence-corrected chi connectivity index (χ1v) is 10.4. The summed E-state index contributed by atoms with van der Waals surface area (Å²) < 4.78 is 17.8. The molecule has 0 amide bonds. The van der Waals surface area contributed by atoms with E-state index in [1.54, 1.807) is 19.4 Å². The number of halogens is 3. The molecule has 0 radical (unpaired) electrons. The molecular formula is C18H18BrClFN3O2S. The molecule has 3 rings (SSSR count). The molecule has 1 unspecified atom stereocenters. The van der Waals surface area contributed by atoms with Gasteiger partial charge in [0.1, 0.15) is 18.1 Å². The number of allylic oxidation sites excluding steroid dienone is 1. The topological polar surface area (TPSA) is 63.6 Å². The summed E-state index contributed by atoms with van der Waals surface area (Å²) in [5.41, 5.74) is 1.71. The smallest absolute Gasteiger partial charge is 0.163 e. The van der Waals surface area contributed by atoms with Crippen molar-refractivity contribution in [2.24, 2.45) is 4.99 Å². The van der Waals surface area contributed by atoms with E-state index in [9.17, 15) is 9.18 Å². The zero-order valence-electron chi connectivity index (χ0n) is 14.7. The predicted octanol–water partition coefficient (Wildman–Crippen LogP) is 4.53. The number of aromatic nitrogens is 1. The molecule has 2 heterocycles. The zero-order valence-corrected chi connectivity index (χ0v) is 17.9. The summed E-state index contributed by atoms with van der Waals surface area (Å²) >= 11 is 11.0. The van der Waals surface area contributed by atoms with Gasteiger partial charge in [0.05, 0.1) is 0 Å². The second-order valence-corrected chi connectivity index (χ2v) is 7.13. The number of carbonyl (C=O) groups excluding carboxylic acids is 1. The van der Waals surface area contributed by atoms with Crippen LogP contribution in [0.25, 0.3) is 0 Å². The van der Waals surface area contributed by atoms with Crippen LogP contribution >= 0.6 is 38.9 Å². The molecule has 9 heteroatoms. The number of rotatable bonds is 5. The minimum absolute atomic E-state index is 0.229. The first kappa shape index (κ1) is 21.7. The van der Waals surface area contributed by atoms with Crippen molar-refractivity contribution >= 4 is 51.0 Å². The summed E-state index contributed by atoms with van der Waals surface area (Å²) in [6, 6.07) is 3.46. The number of nitrogens with one attached hydrogen (secondary N) is 1. The Hall–Kier alpha value is -1.61. The van der Waals surface area contributed by atoms with Gasteiger partial charge in [0.25, 0.3) is 0 Å². The maximum Gasteiger partial charge on any atom is 0.163 e. The van der Waals surface area contributed by atoms with Gasteiger partial charge in [-0.25, -0.2) is 9.37 Å². The molecule has 27 heavy (non-hydrogen) atoms. The maximum atomic E-state index is 13.3. The fourth-order valence-electron chi connectivity index (χ4n) is 2.27. The Balaban J connectivity index is 0.000000596. The molecule has 0 aliphatic carbocycles. The summed E-state index contributed by atoms with van der Waals surface area (Å²) in [5.74, 6) is 0.125. The molecule has 1 aliphatic heterocycles. The molecule has 1 aromatic heterocycles. The molecule has 144 valence electrons. The molecule has 1 N–H and O–H groups in total. The number of ether oxygens (including phenoxy) is 1. The number of aliphatic imine (C=N–C) groups is 1. The number of benzene rings is 1. The monoisotopic (exact) mass is 473 g/mol. The second-order valence-electron chi connectivity index (χ2n) is 5.27. The van der Waals surface area contributed by atoms with E-state index in [1.165, 1.54) is 23.5 Å². The lowest BCUT2D eigenvalue weighted by Crippen LogP contribution is -2.32. The van der Waals surface area contributed by atoms with E-state index in [0.29, 0.717) is 33.0 Å². The van der Waals surface area contributed by atoms with E-state index in [-0.39, 0.29) is 5.02 Å². The minimum Gasteiger partial charge on any atom is -0.385 e. The van der Waals surface area contributed by atoms with Gasteiger partial charge < -0.3 is 10.1 Å². The number of methoxy groups -OCH3 is 1. The standard InChI is InChI=1S/C15H10BrClFN3OS.C3H8O/c16-6-12-10(7-22)13(9-2-1-8(18)5-11(9)17)21-14(20-12)15-19-3-4-23-15;1-3-4-2/h1-5,7,13H,6H2,(H,20,21);3H2,1-2H3. The molecule has 0 spiro atoms. The number of aldehydes is 1. The van der Waals surface area contributed by atoms with Crippen molar-refractivity contribution in [3.05, 3.63) is 62.5 Å². The normalized spacial score (nSPS) is 16.2. The first-order valence-electron chi connectivity index (χ1n) is 7.98. The van der Waals surface area contributed by atoms with Crippen LogP contribution in [-0.2, 0) is 9.53 Å². The Morgan fingerprint density at radius 2 is 2.22 bits per heavy atom. The van der Waals surface area contributed by atoms with Gasteiger partial charge in [0.15, 0.2) is 10.8 Å². The fourth-order valence-corrected chi connectivity index (χ4v) is 3.59. The summed E-state index contributed by atoms with van der Waals surface area (Å²) in [6.07, 6.45) is 2.42. The molecule has 2 aromatic rings. The number of thiazole rings is 1. The van der Waals surface area contributed by atoms with Crippen molar-refractivity contribution in [2.75, 3.05) is 19.0 Å². The molecular weight excluding hydrogens is 457 g/mol. The number of amidine groups is 1. The number of hydrogen-bond donors (Lipinski definition) is 1. The summed E-state index contributed by atoms with van der Waals surface area (Å²) in [7, 11) is 1.68. The van der Waals surface area contributed by atoms with Gasteiger partial charge in [-0.1, -0.05) is 33.6 Å². The lowest BCUT2D eigenvalue weighted by molar-refractivity contribution is -0.105. The van der Waals surface area contributed by atoms with Crippen molar-refractivity contribution in [1.29, 1.82) is 0 Å². The molecule has 0 saturated carbocycles. The number of carbonyl (C=O) groups is 1. The van der Waals surface area contributed by atoms with Crippen LogP contribution in [0.4, 0.5) is 4.39 Å². The molecule has 0 fully saturated rings. The van der Waals surface area contributed by atoms with Crippen molar-refractivity contribution in [3.8, 4) is 0 Å². The van der Waals surface area contributed by atoms with Crippen molar-refractivity contribution in [2.45, 2.75) is 13.0 Å². The van der Waals surface area contributed by atoms with E-state index >= 15 is 0 Å². The van der Waals surface area contributed by atoms with Crippen molar-refractivity contribution in [1.82, 2.24) is 10.3 Å². The largest absolute Gasteiger partial charge is 0.385 e. The molecule has 1 atom stereocenters. The maximum absolute atomic E-state index is 13.3. The van der Waals surface area contributed by atoms with Crippen LogP contribution in [0.1, 0.15) is 23.5 Å². The predicted molar refractivity (Wildman–Crippen MR) is 110 cm³/mol. The summed E-state index contributed by atoms with van der Waals surface area (Å²) in [6.45, 7) is 2.78. The fraction of sp³-hybridized carbons (Fsp3) is 0.278. The van der Waals surface area contributed by atoms with Crippen LogP contribution in [-0.4, -0.2) is 36.2 Å². The van der Waals surface area contributed by atoms with Crippen LogP contribution < -0.4 is 5.32 Å². The molecule has 0 saturated heterocycles. The number of nitrogens with zero attached hydrogens (tertiary/aromatic N) is 2. The van der Waals surface area contributed by atoms with Crippen LogP contribution in [0, 0.1) is 5.82 Å². The van der Waals surface area contributed by atoms with Crippen LogP contribution in [0.5, 0.6) is 0 Å². The Morgan fingerprint density at radius 3 is 2.74 bits per heavy atom. The highest BCUT2D eigenvalue weighted by Crippen LogP contribution is 2.35. The van der Waals surface area contributed by atoms with Gasteiger partial charge in [-0.15, -0.1) is 11.3 Å². The molecule has 1 aromatic carbocycles. The molecule has 0 bridgehead atoms. The third-order valence-corrected chi connectivity index (χ3v) is 5.28. The van der Waals surface area contributed by atoms with E-state index in [0.717, 1.165) is 12.9 Å². The Morgan fingerprint density at radius 1 is 1.48 bits per heavy atom. The average molecular weight is 475 g/mol. The van der Waals surface area contributed by atoms with E-state index in [4.69, 9.17) is 11.6 Å². The van der Waals surface area contributed by atoms with Crippen molar-refractivity contribution in [3.63, 3.8) is 0 Å². The summed E-state index contributed by atoms with van der Waals surface area (Å²) in [5, 5.41) is 6.34. The number of alkyl halides is 1. The van der Waals surface area contributed by atoms with Crippen LogP contribution in [0.15, 0.2) is 46.0 Å². The molecule has 5 nitrogen and oxygen atoms in total. The van der Waals surface area contributed by atoms with Gasteiger partial charge in [0.2, 0.25) is 0 Å². The van der Waals surface area contributed by atoms with Gasteiger partial charge in [-0.05, 0) is 19.1 Å². The Kier molecular flexibility index (Phi) is 8.56. The van der Waals surface area contributed by atoms with Gasteiger partial charge in [-0.3, -0.25) is 9.79 Å². The SMILES string of the molecule is CCOC.O=CC1=C(CBr)NC(c2nccs2)=NC1c1ccc(F)cc1Cl. The summed E-state index contributed by atoms with van der Waals surface area (Å²) in [4.78, 5) is 20.4. The Labute approximate surface area is 174 Å². The van der Waals surface area contributed by atoms with Gasteiger partial charge in [-0.2, -0.15) is 0 Å². The third-order valence-electron chi connectivity index (χ3n) is 3.61. The van der Waals surface area contributed by atoms with E-state index in [1.807, 2.05) is 12.3 Å². The van der Waals surface area contributed by atoms with E-state index < -0.39 is 11.9 Å². The van der Waals surface area contributed by atoms with E-state index in [2.05, 4.69) is 36.0 Å². The van der Waals surface area contributed by atoms with Crippen LogP contribution in [0.3, 0.4) is 0 Å². The Bertz CT molecular complexity index is 841. The van der Waals surface area contributed by atoms with Gasteiger partial charge in [0, 0.05) is 52.5 Å². The minimum atomic E-state index is -0.603. The van der Waals surface area contributed by atoms with Crippen molar-refractivity contribution < 1.29 is 13.9 Å². The van der Waals surface area contributed by atoms with Crippen LogP contribution in [0.2, 0.25) is 5.02 Å². The highest BCUT2D eigenvalue weighted by atomic mass is 79.9. The average Bonchev–Trinajstić information content (AvgIpc) is 3.22. The second kappa shape index (κ2) is 10.7. The highest BCUT2D eigenvalue weighted by Gasteiger charge is 2.28. The first-order chi connectivity index (χ1) is 13.0.